The lowest BCUT2D eigenvalue weighted by Gasteiger charge is -2.08. The summed E-state index contributed by atoms with van der Waals surface area (Å²) in [5.74, 6) is 0. The van der Waals surface area contributed by atoms with Crippen LogP contribution in [0.4, 0.5) is 0 Å². The number of H-pyrrole nitrogens is 1. The van der Waals surface area contributed by atoms with Crippen LogP contribution in [0.15, 0.2) is 58.6 Å². The van der Waals surface area contributed by atoms with Gasteiger partial charge < -0.3 is 10.7 Å². The maximum atomic E-state index is 12.1. The monoisotopic (exact) mass is 286 g/mol. The third-order valence-electron chi connectivity index (χ3n) is 3.13. The van der Waals surface area contributed by atoms with Crippen LogP contribution in [-0.2, 0) is 6.54 Å². The van der Waals surface area contributed by atoms with Crippen LogP contribution < -0.4 is 11.4 Å². The van der Waals surface area contributed by atoms with Gasteiger partial charge in [0.15, 0.2) is 0 Å². The Hall–Kier alpha value is -2.56. The predicted molar refractivity (Wildman–Crippen MR) is 88.4 cm³/mol. The predicted octanol–water partition coefficient (Wildman–Crippen LogP) is 2.41. The molecule has 0 amide bonds. The molecule has 5 nitrogen and oxygen atoms in total. The SMILES string of the molecule is C=C/C(N)=C(\C=C)Cn1c(C)c(C(C)=NC(=C)C)[nH]c1=O. The molecule has 0 atom stereocenters. The van der Waals surface area contributed by atoms with Gasteiger partial charge in [-0.25, -0.2) is 4.79 Å². The van der Waals surface area contributed by atoms with Gasteiger partial charge in [0.2, 0.25) is 0 Å². The van der Waals surface area contributed by atoms with Gasteiger partial charge in [0.1, 0.15) is 0 Å². The Morgan fingerprint density at radius 2 is 2.00 bits per heavy atom. The van der Waals surface area contributed by atoms with Gasteiger partial charge in [-0.1, -0.05) is 25.8 Å². The standard InChI is InChI=1S/C16H22N4O/c1-7-13(14(17)8-2)9-20-12(6)15(19-16(20)21)11(5)18-10(3)4/h7-8H,1-3,9,17H2,4-6H3,(H,19,21)/b14-13-,18-11?. The maximum Gasteiger partial charge on any atom is 0.326 e. The highest BCUT2D eigenvalue weighted by atomic mass is 16.1. The molecule has 0 radical (unpaired) electrons. The van der Waals surface area contributed by atoms with Crippen LogP contribution in [0.25, 0.3) is 0 Å². The van der Waals surface area contributed by atoms with Gasteiger partial charge in [-0.3, -0.25) is 9.56 Å². The molecule has 21 heavy (non-hydrogen) atoms. The third-order valence-corrected chi connectivity index (χ3v) is 3.13. The lowest BCUT2D eigenvalue weighted by atomic mass is 10.2. The fourth-order valence-corrected chi connectivity index (χ4v) is 2.01. The molecule has 1 aromatic rings. The minimum Gasteiger partial charge on any atom is -0.398 e. The van der Waals surface area contributed by atoms with Crippen molar-refractivity contribution in [3.05, 3.63) is 70.7 Å². The minimum atomic E-state index is -0.213. The van der Waals surface area contributed by atoms with Gasteiger partial charge in [0, 0.05) is 17.1 Å². The summed E-state index contributed by atoms with van der Waals surface area (Å²) in [4.78, 5) is 19.2. The molecular formula is C16H22N4O. The Balaban J connectivity index is 3.33. The van der Waals surface area contributed by atoms with Gasteiger partial charge in [-0.15, -0.1) is 0 Å². The highest BCUT2D eigenvalue weighted by Crippen LogP contribution is 2.11. The summed E-state index contributed by atoms with van der Waals surface area (Å²) in [5, 5.41) is 0. The molecule has 0 fully saturated rings. The quantitative estimate of drug-likeness (QED) is 0.622. The van der Waals surface area contributed by atoms with Crippen molar-refractivity contribution < 1.29 is 0 Å². The lowest BCUT2D eigenvalue weighted by molar-refractivity contribution is 0.733. The van der Waals surface area contributed by atoms with Crippen LogP contribution in [-0.4, -0.2) is 15.3 Å². The summed E-state index contributed by atoms with van der Waals surface area (Å²) in [5.41, 5.74) is 9.77. The van der Waals surface area contributed by atoms with E-state index in [0.29, 0.717) is 23.6 Å². The van der Waals surface area contributed by atoms with E-state index in [9.17, 15) is 4.79 Å². The first-order valence-corrected chi connectivity index (χ1v) is 6.55. The molecule has 0 spiro atoms. The van der Waals surface area contributed by atoms with E-state index in [-0.39, 0.29) is 5.69 Å². The number of allylic oxidation sites excluding steroid dienone is 4. The zero-order chi connectivity index (χ0) is 16.2. The fourth-order valence-electron chi connectivity index (χ4n) is 2.01. The Morgan fingerprint density at radius 1 is 1.38 bits per heavy atom. The number of nitrogens with zero attached hydrogens (tertiary/aromatic N) is 2. The van der Waals surface area contributed by atoms with Crippen molar-refractivity contribution in [1.29, 1.82) is 0 Å². The summed E-state index contributed by atoms with van der Waals surface area (Å²) >= 11 is 0. The Labute approximate surface area is 124 Å². The first-order valence-electron chi connectivity index (χ1n) is 6.55. The first kappa shape index (κ1) is 16.5. The lowest BCUT2D eigenvalue weighted by Crippen LogP contribution is -2.20. The number of rotatable bonds is 6. The van der Waals surface area contributed by atoms with Crippen LogP contribution in [0, 0.1) is 6.92 Å². The molecule has 1 heterocycles. The largest absolute Gasteiger partial charge is 0.398 e. The van der Waals surface area contributed by atoms with Crippen LogP contribution >= 0.6 is 0 Å². The second-order valence-electron chi connectivity index (χ2n) is 4.80. The molecule has 0 aliphatic rings. The number of aromatic amines is 1. The van der Waals surface area contributed by atoms with Crippen molar-refractivity contribution in [1.82, 2.24) is 9.55 Å². The molecule has 0 aliphatic carbocycles. The van der Waals surface area contributed by atoms with Crippen molar-refractivity contribution in [3.8, 4) is 0 Å². The summed E-state index contributed by atoms with van der Waals surface area (Å²) in [6.07, 6.45) is 3.17. The molecule has 0 saturated carbocycles. The van der Waals surface area contributed by atoms with E-state index in [4.69, 9.17) is 5.73 Å². The Bertz CT molecular complexity index is 698. The number of nitrogens with two attached hydrogens (primary N) is 1. The highest BCUT2D eigenvalue weighted by Gasteiger charge is 2.13. The number of aromatic nitrogens is 2. The maximum absolute atomic E-state index is 12.1. The molecule has 1 aromatic heterocycles. The van der Waals surface area contributed by atoms with E-state index in [1.54, 1.807) is 23.6 Å². The molecule has 0 unspecified atom stereocenters. The smallest absolute Gasteiger partial charge is 0.326 e. The van der Waals surface area contributed by atoms with Gasteiger partial charge in [0.25, 0.3) is 0 Å². The van der Waals surface area contributed by atoms with E-state index in [1.807, 2.05) is 13.8 Å². The van der Waals surface area contributed by atoms with Crippen LogP contribution in [0.2, 0.25) is 0 Å². The van der Waals surface area contributed by atoms with Crippen LogP contribution in [0.1, 0.15) is 25.2 Å². The normalized spacial score (nSPS) is 12.8. The third kappa shape index (κ3) is 3.72. The number of aliphatic imine (C=N–C) groups is 1. The van der Waals surface area contributed by atoms with Crippen LogP contribution in [0.3, 0.4) is 0 Å². The van der Waals surface area contributed by atoms with Crippen molar-refractivity contribution in [3.63, 3.8) is 0 Å². The van der Waals surface area contributed by atoms with Crippen molar-refractivity contribution >= 4 is 5.71 Å². The van der Waals surface area contributed by atoms with E-state index >= 15 is 0 Å². The second-order valence-corrected chi connectivity index (χ2v) is 4.80. The molecule has 0 aliphatic heterocycles. The van der Waals surface area contributed by atoms with Crippen LogP contribution in [0.5, 0.6) is 0 Å². The first-order chi connectivity index (χ1) is 9.81. The van der Waals surface area contributed by atoms with Gasteiger partial charge in [-0.2, -0.15) is 0 Å². The average Bonchev–Trinajstić information content (AvgIpc) is 2.70. The van der Waals surface area contributed by atoms with E-state index in [0.717, 1.165) is 17.0 Å². The summed E-state index contributed by atoms with van der Waals surface area (Å²) in [6, 6.07) is 0. The number of nitrogens with one attached hydrogen (secondary N) is 1. The number of imidazole rings is 1. The second kappa shape index (κ2) is 6.74. The summed E-state index contributed by atoms with van der Waals surface area (Å²) in [6.45, 7) is 16.9. The zero-order valence-electron chi connectivity index (χ0n) is 12.9. The molecule has 1 rings (SSSR count). The zero-order valence-corrected chi connectivity index (χ0v) is 12.9. The number of hydrogen-bond donors (Lipinski definition) is 2. The molecular weight excluding hydrogens is 264 g/mol. The molecule has 112 valence electrons. The van der Waals surface area contributed by atoms with Gasteiger partial charge >= 0.3 is 5.69 Å². The molecule has 5 heteroatoms. The molecule has 3 N–H and O–H groups in total. The highest BCUT2D eigenvalue weighted by molar-refractivity contribution is 5.98. The van der Waals surface area contributed by atoms with Crippen molar-refractivity contribution in [2.24, 2.45) is 10.7 Å². The Kier molecular flexibility index (Phi) is 5.30. The summed E-state index contributed by atoms with van der Waals surface area (Å²) in [7, 11) is 0. The fraction of sp³-hybridized carbons (Fsp3) is 0.250. The Morgan fingerprint density at radius 3 is 2.48 bits per heavy atom. The van der Waals surface area contributed by atoms with E-state index < -0.39 is 0 Å². The van der Waals surface area contributed by atoms with Crippen molar-refractivity contribution in [2.75, 3.05) is 0 Å². The molecule has 0 bridgehead atoms. The van der Waals surface area contributed by atoms with Crippen molar-refractivity contribution in [2.45, 2.75) is 27.3 Å². The molecule has 0 saturated heterocycles. The topological polar surface area (TPSA) is 76.2 Å². The van der Waals surface area contributed by atoms with Gasteiger partial charge in [-0.05, 0) is 32.4 Å². The minimum absolute atomic E-state index is 0.213. The number of hydrogen-bond acceptors (Lipinski definition) is 3. The van der Waals surface area contributed by atoms with E-state index in [2.05, 4.69) is 29.7 Å². The van der Waals surface area contributed by atoms with Gasteiger partial charge in [0.05, 0.1) is 18.0 Å². The summed E-state index contributed by atoms with van der Waals surface area (Å²) < 4.78 is 1.60. The molecule has 0 aromatic carbocycles. The average molecular weight is 286 g/mol. The van der Waals surface area contributed by atoms with E-state index in [1.165, 1.54) is 0 Å².